The predicted octanol–water partition coefficient (Wildman–Crippen LogP) is 6.66. The third-order valence-electron chi connectivity index (χ3n) is 4.13. The number of allylic oxidation sites excluding steroid dienone is 1. The fourth-order valence-corrected chi connectivity index (χ4v) is 5.43. The van der Waals surface area contributed by atoms with E-state index in [1.807, 2.05) is 24.3 Å². The summed E-state index contributed by atoms with van der Waals surface area (Å²) in [6, 6.07) is 5.55. The number of aryl methyl sites for hydroxylation is 1. The molecule has 0 saturated carbocycles. The average Bonchev–Trinajstić information content (AvgIpc) is 3.18. The first-order valence-electron chi connectivity index (χ1n) is 8.23. The van der Waals surface area contributed by atoms with E-state index in [9.17, 15) is 0 Å². The van der Waals surface area contributed by atoms with Crippen molar-refractivity contribution in [1.82, 2.24) is 14.8 Å². The maximum absolute atomic E-state index is 6.28. The monoisotopic (exact) mass is 423 g/mol. The van der Waals surface area contributed by atoms with Crippen LogP contribution in [-0.4, -0.2) is 14.8 Å². The Balaban J connectivity index is 1.94. The molecule has 0 aliphatic heterocycles. The third kappa shape index (κ3) is 3.86. The molecule has 0 saturated heterocycles. The molecule has 2 heterocycles. The fourth-order valence-electron chi connectivity index (χ4n) is 2.80. The second-order valence-corrected chi connectivity index (χ2v) is 8.57. The summed E-state index contributed by atoms with van der Waals surface area (Å²) in [5.74, 6) is 1.52. The zero-order chi connectivity index (χ0) is 18.7. The highest BCUT2D eigenvalue weighted by Gasteiger charge is 2.19. The minimum Gasteiger partial charge on any atom is -0.298 e. The standard InChI is InChI=1S/C19H19Cl2N3S2/c1-4-9-24-18(14-10-25-12(3)13(14)5-2)22-23-19(24)26-11-15-16(20)7-6-8-17(15)21/h4,6-8,10H,1,5,9,11H2,2-3H3. The van der Waals surface area contributed by atoms with Gasteiger partial charge in [-0.2, -0.15) is 0 Å². The molecule has 3 rings (SSSR count). The summed E-state index contributed by atoms with van der Waals surface area (Å²) in [5.41, 5.74) is 3.40. The van der Waals surface area contributed by atoms with Gasteiger partial charge in [-0.15, -0.1) is 28.1 Å². The van der Waals surface area contributed by atoms with E-state index >= 15 is 0 Å². The molecule has 0 bridgehead atoms. The van der Waals surface area contributed by atoms with E-state index in [0.717, 1.165) is 28.5 Å². The highest BCUT2D eigenvalue weighted by Crippen LogP contribution is 2.35. The minimum absolute atomic E-state index is 0.636. The molecular formula is C19H19Cl2N3S2. The van der Waals surface area contributed by atoms with E-state index in [2.05, 4.69) is 40.6 Å². The van der Waals surface area contributed by atoms with Gasteiger partial charge >= 0.3 is 0 Å². The number of aromatic nitrogens is 3. The van der Waals surface area contributed by atoms with Gasteiger partial charge in [0.25, 0.3) is 0 Å². The molecule has 0 aliphatic carbocycles. The Morgan fingerprint density at radius 3 is 2.62 bits per heavy atom. The van der Waals surface area contributed by atoms with Crippen molar-refractivity contribution in [2.24, 2.45) is 0 Å². The number of benzene rings is 1. The molecule has 0 atom stereocenters. The van der Waals surface area contributed by atoms with E-state index in [1.165, 1.54) is 10.4 Å². The molecule has 0 aliphatic rings. The van der Waals surface area contributed by atoms with Crippen LogP contribution < -0.4 is 0 Å². The summed E-state index contributed by atoms with van der Waals surface area (Å²) in [6.07, 6.45) is 2.84. The quantitative estimate of drug-likeness (QED) is 0.314. The molecule has 7 heteroatoms. The van der Waals surface area contributed by atoms with E-state index in [0.29, 0.717) is 22.3 Å². The Labute approximate surface area is 172 Å². The molecule has 0 N–H and O–H groups in total. The van der Waals surface area contributed by atoms with Gasteiger partial charge in [0, 0.05) is 38.2 Å². The molecule has 136 valence electrons. The van der Waals surface area contributed by atoms with Gasteiger partial charge in [-0.25, -0.2) is 0 Å². The molecule has 26 heavy (non-hydrogen) atoms. The Hall–Kier alpha value is -1.27. The molecule has 0 fully saturated rings. The maximum Gasteiger partial charge on any atom is 0.192 e. The minimum atomic E-state index is 0.636. The van der Waals surface area contributed by atoms with Crippen LogP contribution in [-0.2, 0) is 18.7 Å². The van der Waals surface area contributed by atoms with Gasteiger partial charge in [-0.3, -0.25) is 4.57 Å². The van der Waals surface area contributed by atoms with Crippen LogP contribution in [0.4, 0.5) is 0 Å². The predicted molar refractivity (Wildman–Crippen MR) is 114 cm³/mol. The summed E-state index contributed by atoms with van der Waals surface area (Å²) >= 11 is 15.9. The van der Waals surface area contributed by atoms with Crippen LogP contribution in [0.3, 0.4) is 0 Å². The van der Waals surface area contributed by atoms with E-state index in [-0.39, 0.29) is 0 Å². The van der Waals surface area contributed by atoms with Gasteiger partial charge in [0.2, 0.25) is 0 Å². The average molecular weight is 424 g/mol. The van der Waals surface area contributed by atoms with Crippen molar-refractivity contribution < 1.29 is 0 Å². The van der Waals surface area contributed by atoms with Gasteiger partial charge in [-0.05, 0) is 36.6 Å². The Morgan fingerprint density at radius 2 is 1.96 bits per heavy atom. The number of halogens is 2. The van der Waals surface area contributed by atoms with Crippen LogP contribution in [0.1, 0.15) is 22.9 Å². The second-order valence-electron chi connectivity index (χ2n) is 5.73. The first-order chi connectivity index (χ1) is 12.6. The summed E-state index contributed by atoms with van der Waals surface area (Å²) < 4.78 is 2.10. The number of thiophene rings is 1. The Bertz CT molecular complexity index is 911. The lowest BCUT2D eigenvalue weighted by Gasteiger charge is -2.09. The molecular weight excluding hydrogens is 405 g/mol. The van der Waals surface area contributed by atoms with Crippen molar-refractivity contribution in [3.63, 3.8) is 0 Å². The summed E-state index contributed by atoms with van der Waals surface area (Å²) in [7, 11) is 0. The van der Waals surface area contributed by atoms with Crippen LogP contribution >= 0.6 is 46.3 Å². The SMILES string of the molecule is C=CCn1c(SCc2c(Cl)cccc2Cl)nnc1-c1csc(C)c1CC. The lowest BCUT2D eigenvalue weighted by molar-refractivity contribution is 0.730. The highest BCUT2D eigenvalue weighted by molar-refractivity contribution is 7.98. The lowest BCUT2D eigenvalue weighted by atomic mass is 10.1. The molecule has 0 unspecified atom stereocenters. The molecule has 0 radical (unpaired) electrons. The van der Waals surface area contributed by atoms with Crippen LogP contribution in [0.25, 0.3) is 11.4 Å². The van der Waals surface area contributed by atoms with Crippen LogP contribution in [0, 0.1) is 6.92 Å². The van der Waals surface area contributed by atoms with E-state index in [4.69, 9.17) is 23.2 Å². The Kier molecular flexibility index (Phi) is 6.46. The van der Waals surface area contributed by atoms with Gasteiger partial charge in [-0.1, -0.05) is 54.0 Å². The maximum atomic E-state index is 6.28. The Morgan fingerprint density at radius 1 is 1.23 bits per heavy atom. The highest BCUT2D eigenvalue weighted by atomic mass is 35.5. The summed E-state index contributed by atoms with van der Waals surface area (Å²) in [5, 5.41) is 13.2. The van der Waals surface area contributed by atoms with Gasteiger partial charge in [0.1, 0.15) is 0 Å². The van der Waals surface area contributed by atoms with Crippen molar-refractivity contribution in [1.29, 1.82) is 0 Å². The second kappa shape index (κ2) is 8.61. The van der Waals surface area contributed by atoms with Crippen LogP contribution in [0.2, 0.25) is 10.0 Å². The van der Waals surface area contributed by atoms with Crippen LogP contribution in [0.15, 0.2) is 41.4 Å². The number of thioether (sulfide) groups is 1. The summed E-state index contributed by atoms with van der Waals surface area (Å²) in [6.45, 7) is 8.85. The number of hydrogen-bond donors (Lipinski definition) is 0. The number of nitrogens with zero attached hydrogens (tertiary/aromatic N) is 3. The van der Waals surface area contributed by atoms with Crippen molar-refractivity contribution in [3.8, 4) is 11.4 Å². The zero-order valence-corrected chi connectivity index (χ0v) is 17.8. The summed E-state index contributed by atoms with van der Waals surface area (Å²) in [4.78, 5) is 1.33. The van der Waals surface area contributed by atoms with E-state index in [1.54, 1.807) is 23.1 Å². The molecule has 2 aromatic heterocycles. The van der Waals surface area contributed by atoms with Crippen molar-refractivity contribution in [3.05, 3.63) is 62.3 Å². The molecule has 0 amide bonds. The molecule has 3 aromatic rings. The normalized spacial score (nSPS) is 11.1. The van der Waals surface area contributed by atoms with Gasteiger partial charge in [0.05, 0.1) is 0 Å². The molecule has 0 spiro atoms. The smallest absolute Gasteiger partial charge is 0.192 e. The number of rotatable bonds is 7. The first kappa shape index (κ1) is 19.5. The fraction of sp³-hybridized carbons (Fsp3) is 0.263. The van der Waals surface area contributed by atoms with Crippen molar-refractivity contribution >= 4 is 46.3 Å². The molecule has 3 nitrogen and oxygen atoms in total. The van der Waals surface area contributed by atoms with Crippen molar-refractivity contribution in [2.45, 2.75) is 37.7 Å². The van der Waals surface area contributed by atoms with E-state index < -0.39 is 0 Å². The number of hydrogen-bond acceptors (Lipinski definition) is 4. The molecule has 1 aromatic carbocycles. The topological polar surface area (TPSA) is 30.7 Å². The van der Waals surface area contributed by atoms with Crippen LogP contribution in [0.5, 0.6) is 0 Å². The van der Waals surface area contributed by atoms with Gasteiger partial charge < -0.3 is 0 Å². The first-order valence-corrected chi connectivity index (χ1v) is 10.9. The zero-order valence-electron chi connectivity index (χ0n) is 14.6. The third-order valence-corrected chi connectivity index (χ3v) is 6.79. The van der Waals surface area contributed by atoms with Crippen molar-refractivity contribution in [2.75, 3.05) is 0 Å². The lowest BCUT2D eigenvalue weighted by Crippen LogP contribution is -2.01. The van der Waals surface area contributed by atoms with Gasteiger partial charge in [0.15, 0.2) is 11.0 Å². The largest absolute Gasteiger partial charge is 0.298 e.